The van der Waals surface area contributed by atoms with Crippen LogP contribution in [-0.4, -0.2) is 23.9 Å². The Hall–Kier alpha value is -1.91. The van der Waals surface area contributed by atoms with Crippen LogP contribution < -0.4 is 22.5 Å². The molecule has 4 N–H and O–H groups in total. The molecule has 2 aromatic rings. The van der Waals surface area contributed by atoms with E-state index in [1.807, 2.05) is 24.3 Å². The number of hydrogen-bond acceptors (Lipinski definition) is 3. The van der Waals surface area contributed by atoms with Gasteiger partial charge in [-0.25, -0.2) is 0 Å². The van der Waals surface area contributed by atoms with E-state index >= 15 is 0 Å². The molecule has 0 bridgehead atoms. The molecule has 0 aromatic heterocycles. The third-order valence-electron chi connectivity index (χ3n) is 3.86. The van der Waals surface area contributed by atoms with Crippen LogP contribution in [0.2, 0.25) is 0 Å². The normalized spacial score (nSPS) is 16.7. The van der Waals surface area contributed by atoms with Crippen molar-refractivity contribution in [2.24, 2.45) is 0 Å². The van der Waals surface area contributed by atoms with Crippen LogP contribution in [-0.2, 0) is 6.42 Å². The van der Waals surface area contributed by atoms with E-state index < -0.39 is 0 Å². The summed E-state index contributed by atoms with van der Waals surface area (Å²) in [6.45, 7) is 0.944. The highest BCUT2D eigenvalue weighted by atomic mass is 35.5. The fourth-order valence-corrected chi connectivity index (χ4v) is 2.89. The number of fused-ring (bicyclic) bond motifs is 1. The van der Waals surface area contributed by atoms with Gasteiger partial charge in [-0.05, 0) is 29.8 Å². The van der Waals surface area contributed by atoms with Crippen LogP contribution in [0.3, 0.4) is 0 Å². The van der Waals surface area contributed by atoms with Crippen LogP contribution in [0.25, 0.3) is 0 Å². The Bertz CT molecular complexity index is 645. The summed E-state index contributed by atoms with van der Waals surface area (Å²) < 4.78 is 5.44. The molecule has 0 aliphatic carbocycles. The monoisotopic (exact) mass is 307 g/mol. The molecule has 4 nitrogen and oxygen atoms in total. The molecule has 1 atom stereocenters. The average molecular weight is 308 g/mol. The van der Waals surface area contributed by atoms with Crippen molar-refractivity contribution in [1.82, 2.24) is 0 Å². The molecule has 0 spiro atoms. The fourth-order valence-electron chi connectivity index (χ4n) is 2.89. The van der Waals surface area contributed by atoms with Crippen molar-refractivity contribution >= 4 is 0 Å². The molecule has 0 fully saturated rings. The third-order valence-corrected chi connectivity index (χ3v) is 3.86. The molecule has 0 unspecified atom stereocenters. The van der Waals surface area contributed by atoms with Gasteiger partial charge < -0.3 is 32.7 Å². The largest absolute Gasteiger partial charge is 1.00 e. The van der Waals surface area contributed by atoms with Gasteiger partial charge in [0.05, 0.1) is 19.2 Å². The zero-order valence-electron chi connectivity index (χ0n) is 11.7. The summed E-state index contributed by atoms with van der Waals surface area (Å²) in [7, 11) is 1.66. The number of para-hydroxylation sites is 1. The number of aromatic hydroxyl groups is 2. The number of methoxy groups -OCH3 is 1. The smallest absolute Gasteiger partial charge is 0.157 e. The Morgan fingerprint density at radius 2 is 1.81 bits per heavy atom. The van der Waals surface area contributed by atoms with Crippen LogP contribution in [0, 0.1) is 0 Å². The van der Waals surface area contributed by atoms with Gasteiger partial charge in [0.25, 0.3) is 0 Å². The molecule has 1 heterocycles. The van der Waals surface area contributed by atoms with Gasteiger partial charge in [0, 0.05) is 12.0 Å². The molecule has 5 heteroatoms. The Morgan fingerprint density at radius 1 is 1.10 bits per heavy atom. The van der Waals surface area contributed by atoms with E-state index in [0.717, 1.165) is 35.4 Å². The Labute approximate surface area is 129 Å². The first-order valence-electron chi connectivity index (χ1n) is 6.71. The molecule has 0 saturated carbocycles. The summed E-state index contributed by atoms with van der Waals surface area (Å²) in [6.07, 6.45) is 0.884. The van der Waals surface area contributed by atoms with Crippen LogP contribution in [0.15, 0.2) is 36.4 Å². The number of halogens is 1. The number of benzene rings is 2. The molecule has 3 rings (SSSR count). The first-order chi connectivity index (χ1) is 9.70. The molecular weight excluding hydrogens is 290 g/mol. The van der Waals surface area contributed by atoms with Gasteiger partial charge in [-0.1, -0.05) is 12.1 Å². The van der Waals surface area contributed by atoms with E-state index in [-0.39, 0.29) is 29.9 Å². The Balaban J connectivity index is 0.00000161. The maximum atomic E-state index is 9.77. The van der Waals surface area contributed by atoms with E-state index in [2.05, 4.69) is 5.32 Å². The Morgan fingerprint density at radius 3 is 2.57 bits per heavy atom. The van der Waals surface area contributed by atoms with Crippen molar-refractivity contribution < 1.29 is 32.7 Å². The molecule has 1 aliphatic rings. The van der Waals surface area contributed by atoms with Crippen molar-refractivity contribution in [3.8, 4) is 17.2 Å². The van der Waals surface area contributed by atoms with Gasteiger partial charge >= 0.3 is 0 Å². The molecule has 0 saturated heterocycles. The number of rotatable bonds is 2. The van der Waals surface area contributed by atoms with Gasteiger partial charge in [0.15, 0.2) is 11.5 Å². The number of phenols is 2. The summed E-state index contributed by atoms with van der Waals surface area (Å²) in [5.41, 5.74) is 3.20. The summed E-state index contributed by atoms with van der Waals surface area (Å²) in [5, 5.41) is 21.7. The minimum Gasteiger partial charge on any atom is -1.00 e. The lowest BCUT2D eigenvalue weighted by Crippen LogP contribution is -3.00. The number of hydrogen-bond donors (Lipinski definition) is 3. The van der Waals surface area contributed by atoms with Crippen molar-refractivity contribution in [1.29, 1.82) is 0 Å². The quantitative estimate of drug-likeness (QED) is 0.581. The zero-order valence-corrected chi connectivity index (χ0v) is 12.5. The molecule has 0 amide bonds. The highest BCUT2D eigenvalue weighted by Crippen LogP contribution is 2.36. The van der Waals surface area contributed by atoms with Crippen molar-refractivity contribution in [3.63, 3.8) is 0 Å². The van der Waals surface area contributed by atoms with E-state index in [1.54, 1.807) is 19.2 Å². The first kappa shape index (κ1) is 15.5. The third kappa shape index (κ3) is 2.77. The molecule has 1 aliphatic heterocycles. The van der Waals surface area contributed by atoms with E-state index in [1.165, 1.54) is 0 Å². The van der Waals surface area contributed by atoms with Crippen LogP contribution in [0.1, 0.15) is 22.7 Å². The predicted molar refractivity (Wildman–Crippen MR) is 75.1 cm³/mol. The summed E-state index contributed by atoms with van der Waals surface area (Å²) >= 11 is 0. The number of ether oxygens (including phenoxy) is 1. The van der Waals surface area contributed by atoms with Gasteiger partial charge in [-0.3, -0.25) is 0 Å². The average Bonchev–Trinajstić information content (AvgIpc) is 2.48. The second-order valence-corrected chi connectivity index (χ2v) is 5.03. The lowest BCUT2D eigenvalue weighted by Gasteiger charge is -2.25. The van der Waals surface area contributed by atoms with Gasteiger partial charge in [-0.15, -0.1) is 0 Å². The molecular formula is C16H18ClNO3. The number of nitrogens with two attached hydrogens (primary N) is 1. The minimum atomic E-state index is -0.0704. The maximum absolute atomic E-state index is 9.77. The second-order valence-electron chi connectivity index (χ2n) is 5.03. The lowest BCUT2D eigenvalue weighted by atomic mass is 9.89. The molecule has 112 valence electrons. The highest BCUT2D eigenvalue weighted by Gasteiger charge is 2.28. The maximum Gasteiger partial charge on any atom is 0.157 e. The van der Waals surface area contributed by atoms with E-state index in [9.17, 15) is 10.2 Å². The number of quaternary nitrogens is 1. The first-order valence-corrected chi connectivity index (χ1v) is 6.71. The summed E-state index contributed by atoms with van der Waals surface area (Å²) in [4.78, 5) is 0. The fraction of sp³-hybridized carbons (Fsp3) is 0.250. The zero-order chi connectivity index (χ0) is 14.1. The number of phenolic OH excluding ortho intramolecular Hbond substituents is 2. The highest BCUT2D eigenvalue weighted by molar-refractivity contribution is 5.50. The SMILES string of the molecule is COc1ccccc1[C@H]1[NH2+]CCc2cc(O)c(O)cc21.[Cl-]. The van der Waals surface area contributed by atoms with Crippen molar-refractivity contribution in [2.75, 3.05) is 13.7 Å². The van der Waals surface area contributed by atoms with Crippen LogP contribution in [0.4, 0.5) is 0 Å². The second kappa shape index (κ2) is 6.24. The van der Waals surface area contributed by atoms with Gasteiger partial charge in [0.2, 0.25) is 0 Å². The van der Waals surface area contributed by atoms with Crippen LogP contribution >= 0.6 is 0 Å². The van der Waals surface area contributed by atoms with E-state index in [4.69, 9.17) is 4.74 Å². The molecule has 0 radical (unpaired) electrons. The molecule has 2 aromatic carbocycles. The molecule has 21 heavy (non-hydrogen) atoms. The predicted octanol–water partition coefficient (Wildman–Crippen LogP) is -1.68. The van der Waals surface area contributed by atoms with Gasteiger partial charge in [-0.2, -0.15) is 0 Å². The summed E-state index contributed by atoms with van der Waals surface area (Å²) in [5.74, 6) is 0.720. The minimum absolute atomic E-state index is 0. The van der Waals surface area contributed by atoms with E-state index in [0.29, 0.717) is 0 Å². The Kier molecular flexibility index (Phi) is 4.60. The summed E-state index contributed by atoms with van der Waals surface area (Å²) in [6, 6.07) is 11.3. The topological polar surface area (TPSA) is 66.3 Å². The lowest BCUT2D eigenvalue weighted by molar-refractivity contribution is -0.690. The van der Waals surface area contributed by atoms with Gasteiger partial charge in [0.1, 0.15) is 11.8 Å². The van der Waals surface area contributed by atoms with Crippen LogP contribution in [0.5, 0.6) is 17.2 Å². The standard InChI is InChI=1S/C16H17NO3.ClH/c1-20-15-5-3-2-4-11(15)16-12-9-14(19)13(18)8-10(12)6-7-17-16;/h2-5,8-9,16-19H,6-7H2,1H3;1H/t16-;/m1./s1. The van der Waals surface area contributed by atoms with Crippen molar-refractivity contribution in [2.45, 2.75) is 12.5 Å². The van der Waals surface area contributed by atoms with Crippen molar-refractivity contribution in [3.05, 3.63) is 53.1 Å².